The first-order valence-corrected chi connectivity index (χ1v) is 9.81. The maximum absolute atomic E-state index is 12.7. The third kappa shape index (κ3) is 4.37. The number of piperidine rings is 1. The van der Waals surface area contributed by atoms with Crippen molar-refractivity contribution < 1.29 is 4.79 Å². The number of likely N-dealkylation sites (tertiary alicyclic amines) is 1. The largest absolute Gasteiger partial charge is 0.342 e. The zero-order valence-electron chi connectivity index (χ0n) is 15.5. The highest BCUT2D eigenvalue weighted by Gasteiger charge is 2.26. The highest BCUT2D eigenvalue weighted by molar-refractivity contribution is 6.30. The van der Waals surface area contributed by atoms with Crippen molar-refractivity contribution >= 4 is 17.5 Å². The molecule has 3 aromatic rings. The lowest BCUT2D eigenvalue weighted by Crippen LogP contribution is -2.40. The van der Waals surface area contributed by atoms with Gasteiger partial charge in [-0.3, -0.25) is 14.8 Å². The predicted molar refractivity (Wildman–Crippen MR) is 109 cm³/mol. The van der Waals surface area contributed by atoms with E-state index in [2.05, 4.69) is 9.97 Å². The number of amides is 1. The van der Waals surface area contributed by atoms with Crippen molar-refractivity contribution in [3.8, 4) is 11.3 Å². The van der Waals surface area contributed by atoms with E-state index in [0.717, 1.165) is 41.9 Å². The van der Waals surface area contributed by atoms with Crippen LogP contribution in [0, 0.1) is 0 Å². The second kappa shape index (κ2) is 8.48. The van der Waals surface area contributed by atoms with E-state index in [4.69, 9.17) is 16.6 Å². The summed E-state index contributed by atoms with van der Waals surface area (Å²) in [6, 6.07) is 11.4. The number of nitrogens with zero attached hydrogens (tertiary/aromatic N) is 4. The average Bonchev–Trinajstić information content (AvgIpc) is 2.75. The fraction of sp³-hybridized carbons (Fsp3) is 0.273. The lowest BCUT2D eigenvalue weighted by molar-refractivity contribution is -0.131. The van der Waals surface area contributed by atoms with Crippen LogP contribution in [0.2, 0.25) is 5.02 Å². The molecule has 3 heterocycles. The summed E-state index contributed by atoms with van der Waals surface area (Å²) < 4.78 is 0. The lowest BCUT2D eigenvalue weighted by atomic mass is 9.94. The topological polar surface area (TPSA) is 59.0 Å². The number of benzene rings is 1. The molecule has 0 aliphatic carbocycles. The summed E-state index contributed by atoms with van der Waals surface area (Å²) in [4.78, 5) is 28.0. The first-order chi connectivity index (χ1) is 13.7. The Bertz CT molecular complexity index is 964. The van der Waals surface area contributed by atoms with Gasteiger partial charge < -0.3 is 4.90 Å². The summed E-state index contributed by atoms with van der Waals surface area (Å²) in [6.45, 7) is 1.46. The summed E-state index contributed by atoms with van der Waals surface area (Å²) in [7, 11) is 0. The van der Waals surface area contributed by atoms with Crippen LogP contribution in [-0.2, 0) is 11.2 Å². The van der Waals surface area contributed by atoms with Gasteiger partial charge in [0.2, 0.25) is 5.91 Å². The first-order valence-electron chi connectivity index (χ1n) is 9.43. The van der Waals surface area contributed by atoms with Gasteiger partial charge in [-0.2, -0.15) is 0 Å². The van der Waals surface area contributed by atoms with E-state index < -0.39 is 0 Å². The average molecular weight is 393 g/mol. The summed E-state index contributed by atoms with van der Waals surface area (Å²) in [5.74, 6) is 0.329. The van der Waals surface area contributed by atoms with Gasteiger partial charge in [0.05, 0.1) is 24.0 Å². The molecule has 1 aliphatic rings. The molecule has 1 saturated heterocycles. The molecule has 28 heavy (non-hydrogen) atoms. The van der Waals surface area contributed by atoms with E-state index in [1.54, 1.807) is 18.6 Å². The Balaban J connectivity index is 1.49. The van der Waals surface area contributed by atoms with Gasteiger partial charge in [-0.25, -0.2) is 4.98 Å². The van der Waals surface area contributed by atoms with Crippen LogP contribution in [-0.4, -0.2) is 38.8 Å². The van der Waals surface area contributed by atoms with Crippen molar-refractivity contribution in [3.63, 3.8) is 0 Å². The Labute approximate surface area is 169 Å². The normalized spacial score (nSPS) is 16.8. The Kier molecular flexibility index (Phi) is 5.63. The van der Waals surface area contributed by atoms with Crippen LogP contribution in [0.3, 0.4) is 0 Å². The zero-order chi connectivity index (χ0) is 19.3. The van der Waals surface area contributed by atoms with E-state index in [0.29, 0.717) is 18.0 Å². The number of hydrogen-bond donors (Lipinski definition) is 0. The molecule has 0 bridgehead atoms. The summed E-state index contributed by atoms with van der Waals surface area (Å²) in [5, 5.41) is 0.676. The molecular weight excluding hydrogens is 372 g/mol. The summed E-state index contributed by atoms with van der Waals surface area (Å²) >= 11 is 6.11. The molecule has 1 amide bonds. The van der Waals surface area contributed by atoms with Gasteiger partial charge in [0.25, 0.3) is 0 Å². The van der Waals surface area contributed by atoms with E-state index >= 15 is 0 Å². The van der Waals surface area contributed by atoms with Crippen LogP contribution < -0.4 is 0 Å². The lowest BCUT2D eigenvalue weighted by Gasteiger charge is -2.32. The molecule has 142 valence electrons. The second-order valence-corrected chi connectivity index (χ2v) is 7.49. The molecule has 0 unspecified atom stereocenters. The number of halogens is 1. The number of aromatic nitrogens is 3. The van der Waals surface area contributed by atoms with Gasteiger partial charge in [-0.15, -0.1) is 0 Å². The van der Waals surface area contributed by atoms with Crippen LogP contribution in [0.4, 0.5) is 0 Å². The van der Waals surface area contributed by atoms with Gasteiger partial charge in [-0.05, 0) is 36.6 Å². The van der Waals surface area contributed by atoms with E-state index in [1.165, 1.54) is 0 Å². The Morgan fingerprint density at radius 3 is 2.89 bits per heavy atom. The Morgan fingerprint density at radius 2 is 2.07 bits per heavy atom. The summed E-state index contributed by atoms with van der Waals surface area (Å²) in [5.41, 5.74) is 3.62. The minimum absolute atomic E-state index is 0.136. The molecule has 5 nitrogen and oxygen atoms in total. The Morgan fingerprint density at radius 1 is 1.14 bits per heavy atom. The molecule has 0 radical (unpaired) electrons. The third-order valence-corrected chi connectivity index (χ3v) is 5.28. The molecule has 4 rings (SSSR count). The molecule has 6 heteroatoms. The maximum Gasteiger partial charge on any atom is 0.227 e. The molecule has 1 fully saturated rings. The molecule has 1 aromatic carbocycles. The minimum atomic E-state index is 0.136. The van der Waals surface area contributed by atoms with Crippen molar-refractivity contribution in [2.75, 3.05) is 13.1 Å². The molecule has 1 aliphatic heterocycles. The fourth-order valence-electron chi connectivity index (χ4n) is 3.60. The number of carbonyl (C=O) groups excluding carboxylic acids is 1. The van der Waals surface area contributed by atoms with E-state index in [9.17, 15) is 4.79 Å². The molecule has 1 atom stereocenters. The number of rotatable bonds is 4. The molecule has 0 saturated carbocycles. The molecule has 2 aromatic heterocycles. The van der Waals surface area contributed by atoms with E-state index in [1.807, 2.05) is 47.5 Å². The van der Waals surface area contributed by atoms with Gasteiger partial charge in [0.1, 0.15) is 0 Å². The third-order valence-electron chi connectivity index (χ3n) is 5.04. The van der Waals surface area contributed by atoms with Gasteiger partial charge >= 0.3 is 0 Å². The molecular formula is C22H21ClN4O. The first kappa shape index (κ1) is 18.6. The standard InChI is InChI=1S/C22H21ClN4O/c23-19-7-1-5-17(11-19)20-13-25-14-21(26-20)18-6-3-9-27(15-18)22(28)10-16-4-2-8-24-12-16/h1-2,4-5,7-8,11-14,18H,3,6,9-10,15H2/t18-/m0/s1. The van der Waals surface area contributed by atoms with Crippen molar-refractivity contribution in [1.82, 2.24) is 19.9 Å². The van der Waals surface area contributed by atoms with Crippen molar-refractivity contribution in [1.29, 1.82) is 0 Å². The number of carbonyl (C=O) groups is 1. The van der Waals surface area contributed by atoms with Crippen molar-refractivity contribution in [2.24, 2.45) is 0 Å². The van der Waals surface area contributed by atoms with E-state index in [-0.39, 0.29) is 11.8 Å². The highest BCUT2D eigenvalue weighted by Crippen LogP contribution is 2.28. The fourth-order valence-corrected chi connectivity index (χ4v) is 3.79. The minimum Gasteiger partial charge on any atom is -0.342 e. The maximum atomic E-state index is 12.7. The number of pyridine rings is 1. The smallest absolute Gasteiger partial charge is 0.227 e. The summed E-state index contributed by atoms with van der Waals surface area (Å²) in [6.07, 6.45) is 9.39. The quantitative estimate of drug-likeness (QED) is 0.669. The second-order valence-electron chi connectivity index (χ2n) is 7.06. The predicted octanol–water partition coefficient (Wildman–Crippen LogP) is 4.14. The van der Waals surface area contributed by atoms with Crippen molar-refractivity contribution in [2.45, 2.75) is 25.2 Å². The van der Waals surface area contributed by atoms with Crippen LogP contribution in [0.15, 0.2) is 61.2 Å². The molecule has 0 N–H and O–H groups in total. The van der Waals surface area contributed by atoms with Gasteiger partial charge in [-0.1, -0.05) is 29.8 Å². The Hall–Kier alpha value is -2.79. The molecule has 0 spiro atoms. The monoisotopic (exact) mass is 392 g/mol. The van der Waals surface area contributed by atoms with Crippen LogP contribution in [0.25, 0.3) is 11.3 Å². The number of hydrogen-bond acceptors (Lipinski definition) is 4. The van der Waals surface area contributed by atoms with Crippen LogP contribution in [0.5, 0.6) is 0 Å². The van der Waals surface area contributed by atoms with Gasteiger partial charge in [0.15, 0.2) is 0 Å². The van der Waals surface area contributed by atoms with Crippen LogP contribution in [0.1, 0.15) is 30.0 Å². The van der Waals surface area contributed by atoms with Crippen molar-refractivity contribution in [3.05, 3.63) is 77.5 Å². The zero-order valence-corrected chi connectivity index (χ0v) is 16.2. The highest BCUT2D eigenvalue weighted by atomic mass is 35.5. The van der Waals surface area contributed by atoms with Gasteiger partial charge in [0, 0.05) is 48.2 Å². The van der Waals surface area contributed by atoms with Crippen LogP contribution >= 0.6 is 11.6 Å². The SMILES string of the molecule is O=C(Cc1cccnc1)N1CCC[C@H](c2cncc(-c3cccc(Cl)c3)n2)C1.